The SMILES string of the molecule is CC(C)(CC(=O)N1CCOC2CS(=O)(=O)CC21)c1ccccc1. The number of fused-ring (bicyclic) bond motifs is 1. The molecule has 0 aromatic heterocycles. The molecule has 0 saturated carbocycles. The molecule has 2 unspecified atom stereocenters. The maximum absolute atomic E-state index is 12.8. The summed E-state index contributed by atoms with van der Waals surface area (Å²) in [5.74, 6) is 0.0628. The van der Waals surface area contributed by atoms with Crippen LogP contribution in [0, 0.1) is 0 Å². The average molecular weight is 337 g/mol. The molecular weight excluding hydrogens is 314 g/mol. The minimum atomic E-state index is -3.11. The summed E-state index contributed by atoms with van der Waals surface area (Å²) in [6.07, 6.45) is -0.00200. The molecule has 2 saturated heterocycles. The second-order valence-electron chi connectivity index (χ2n) is 7.07. The Balaban J connectivity index is 1.75. The smallest absolute Gasteiger partial charge is 0.223 e. The van der Waals surface area contributed by atoms with Gasteiger partial charge >= 0.3 is 0 Å². The molecule has 1 aromatic rings. The van der Waals surface area contributed by atoms with Crippen molar-refractivity contribution in [3.63, 3.8) is 0 Å². The van der Waals surface area contributed by atoms with Crippen LogP contribution >= 0.6 is 0 Å². The van der Waals surface area contributed by atoms with Gasteiger partial charge in [0, 0.05) is 13.0 Å². The maximum Gasteiger partial charge on any atom is 0.223 e. The zero-order valence-corrected chi connectivity index (χ0v) is 14.4. The van der Waals surface area contributed by atoms with Crippen molar-refractivity contribution in [2.24, 2.45) is 0 Å². The van der Waals surface area contributed by atoms with Crippen LogP contribution in [0.1, 0.15) is 25.8 Å². The molecule has 0 radical (unpaired) electrons. The fraction of sp³-hybridized carbons (Fsp3) is 0.588. The van der Waals surface area contributed by atoms with Gasteiger partial charge < -0.3 is 9.64 Å². The van der Waals surface area contributed by atoms with Gasteiger partial charge in [-0.15, -0.1) is 0 Å². The number of morpholine rings is 1. The van der Waals surface area contributed by atoms with Crippen molar-refractivity contribution in [2.45, 2.75) is 37.8 Å². The van der Waals surface area contributed by atoms with Gasteiger partial charge in [-0.3, -0.25) is 4.79 Å². The Morgan fingerprint density at radius 1 is 1.26 bits per heavy atom. The molecule has 0 bridgehead atoms. The van der Waals surface area contributed by atoms with E-state index >= 15 is 0 Å². The number of carbonyl (C=O) groups is 1. The van der Waals surface area contributed by atoms with Crippen LogP contribution in [-0.4, -0.2) is 56.0 Å². The fourth-order valence-electron chi connectivity index (χ4n) is 3.50. The normalized spacial score (nSPS) is 26.8. The molecule has 1 aromatic carbocycles. The van der Waals surface area contributed by atoms with Crippen molar-refractivity contribution in [3.05, 3.63) is 35.9 Å². The summed E-state index contributed by atoms with van der Waals surface area (Å²) in [5.41, 5.74) is 0.820. The number of hydrogen-bond donors (Lipinski definition) is 0. The number of nitrogens with zero attached hydrogens (tertiary/aromatic N) is 1. The first kappa shape index (κ1) is 16.5. The van der Waals surface area contributed by atoms with E-state index in [1.54, 1.807) is 4.90 Å². The first-order valence-electron chi connectivity index (χ1n) is 7.95. The molecule has 2 aliphatic heterocycles. The molecular formula is C17H23NO4S. The number of benzene rings is 1. The lowest BCUT2D eigenvalue weighted by Gasteiger charge is -2.38. The number of ether oxygens (including phenoxy) is 1. The number of amides is 1. The van der Waals surface area contributed by atoms with Gasteiger partial charge in [-0.2, -0.15) is 0 Å². The number of rotatable bonds is 3. The lowest BCUT2D eigenvalue weighted by atomic mass is 9.81. The summed E-state index contributed by atoms with van der Waals surface area (Å²) in [7, 11) is -3.11. The van der Waals surface area contributed by atoms with Crippen LogP contribution in [0.4, 0.5) is 0 Å². The quantitative estimate of drug-likeness (QED) is 0.836. The third-order valence-corrected chi connectivity index (χ3v) is 6.49. The van der Waals surface area contributed by atoms with Crippen molar-refractivity contribution in [3.8, 4) is 0 Å². The zero-order valence-electron chi connectivity index (χ0n) is 13.6. The third-order valence-electron chi connectivity index (χ3n) is 4.81. The molecule has 2 heterocycles. The van der Waals surface area contributed by atoms with Crippen molar-refractivity contribution in [1.82, 2.24) is 4.90 Å². The Morgan fingerprint density at radius 2 is 1.96 bits per heavy atom. The second-order valence-corrected chi connectivity index (χ2v) is 9.22. The van der Waals surface area contributed by atoms with Crippen LogP contribution in [0.3, 0.4) is 0 Å². The highest BCUT2D eigenvalue weighted by molar-refractivity contribution is 7.91. The van der Waals surface area contributed by atoms with Crippen LogP contribution in [-0.2, 0) is 24.8 Å². The van der Waals surface area contributed by atoms with Gasteiger partial charge in [0.25, 0.3) is 0 Å². The largest absolute Gasteiger partial charge is 0.373 e. The average Bonchev–Trinajstić information content (AvgIpc) is 2.81. The standard InChI is InChI=1S/C17H23NO4S/c1-17(2,13-6-4-3-5-7-13)10-16(19)18-8-9-22-15-12-23(20,21)11-14(15)18/h3-7,14-15H,8-12H2,1-2H3. The summed E-state index contributed by atoms with van der Waals surface area (Å²) in [4.78, 5) is 14.5. The first-order chi connectivity index (χ1) is 10.8. The van der Waals surface area contributed by atoms with Gasteiger partial charge in [0.1, 0.15) is 0 Å². The molecule has 23 heavy (non-hydrogen) atoms. The van der Waals surface area contributed by atoms with Gasteiger partial charge in [-0.05, 0) is 11.0 Å². The lowest BCUT2D eigenvalue weighted by molar-refractivity contribution is -0.143. The Morgan fingerprint density at radius 3 is 2.65 bits per heavy atom. The highest BCUT2D eigenvalue weighted by atomic mass is 32.2. The Hall–Kier alpha value is -1.40. The molecule has 2 aliphatic rings. The molecule has 0 N–H and O–H groups in total. The molecule has 0 aliphatic carbocycles. The molecule has 3 rings (SSSR count). The van der Waals surface area contributed by atoms with Crippen LogP contribution in [0.15, 0.2) is 30.3 Å². The summed E-state index contributed by atoms with van der Waals surface area (Å²) >= 11 is 0. The summed E-state index contributed by atoms with van der Waals surface area (Å²) in [6.45, 7) is 4.97. The minimum absolute atomic E-state index is 0.00857. The minimum Gasteiger partial charge on any atom is -0.373 e. The second kappa shape index (κ2) is 5.91. The topological polar surface area (TPSA) is 63.7 Å². The number of sulfone groups is 1. The molecule has 2 fully saturated rings. The fourth-order valence-corrected chi connectivity index (χ4v) is 5.37. The monoisotopic (exact) mass is 337 g/mol. The Labute approximate surface area is 137 Å². The van der Waals surface area contributed by atoms with Crippen LogP contribution < -0.4 is 0 Å². The van der Waals surface area contributed by atoms with Crippen molar-refractivity contribution in [1.29, 1.82) is 0 Å². The van der Waals surface area contributed by atoms with E-state index in [0.29, 0.717) is 19.6 Å². The zero-order chi connectivity index (χ0) is 16.7. The molecule has 1 amide bonds. The Kier molecular flexibility index (Phi) is 4.23. The summed E-state index contributed by atoms with van der Waals surface area (Å²) < 4.78 is 29.3. The highest BCUT2D eigenvalue weighted by Crippen LogP contribution is 2.30. The Bertz CT molecular complexity index is 684. The van der Waals surface area contributed by atoms with Crippen molar-refractivity contribution >= 4 is 15.7 Å². The van der Waals surface area contributed by atoms with Crippen molar-refractivity contribution < 1.29 is 17.9 Å². The van der Waals surface area contributed by atoms with E-state index in [1.807, 2.05) is 44.2 Å². The predicted molar refractivity (Wildman–Crippen MR) is 88.0 cm³/mol. The van der Waals surface area contributed by atoms with E-state index in [1.165, 1.54) is 0 Å². The third kappa shape index (κ3) is 3.43. The molecule has 5 nitrogen and oxygen atoms in total. The van der Waals surface area contributed by atoms with Gasteiger partial charge in [0.2, 0.25) is 5.91 Å². The maximum atomic E-state index is 12.8. The van der Waals surface area contributed by atoms with E-state index in [-0.39, 0.29) is 35.0 Å². The highest BCUT2D eigenvalue weighted by Gasteiger charge is 2.46. The van der Waals surface area contributed by atoms with E-state index < -0.39 is 9.84 Å². The van der Waals surface area contributed by atoms with Crippen LogP contribution in [0.25, 0.3) is 0 Å². The van der Waals surface area contributed by atoms with Gasteiger partial charge in [0.15, 0.2) is 9.84 Å². The van der Waals surface area contributed by atoms with E-state index in [0.717, 1.165) is 5.56 Å². The van der Waals surface area contributed by atoms with Gasteiger partial charge in [0.05, 0.1) is 30.3 Å². The molecule has 0 spiro atoms. The lowest BCUT2D eigenvalue weighted by Crippen LogP contribution is -2.54. The summed E-state index contributed by atoms with van der Waals surface area (Å²) in [5, 5.41) is 0. The van der Waals surface area contributed by atoms with E-state index in [4.69, 9.17) is 4.74 Å². The van der Waals surface area contributed by atoms with Crippen LogP contribution in [0.5, 0.6) is 0 Å². The van der Waals surface area contributed by atoms with Gasteiger partial charge in [-0.1, -0.05) is 44.2 Å². The van der Waals surface area contributed by atoms with Crippen molar-refractivity contribution in [2.75, 3.05) is 24.7 Å². The first-order valence-corrected chi connectivity index (χ1v) is 9.78. The summed E-state index contributed by atoms with van der Waals surface area (Å²) in [6, 6.07) is 9.61. The number of carbonyl (C=O) groups excluding carboxylic acids is 1. The van der Waals surface area contributed by atoms with Gasteiger partial charge in [-0.25, -0.2) is 8.42 Å². The predicted octanol–water partition coefficient (Wildman–Crippen LogP) is 1.38. The molecule has 126 valence electrons. The molecule has 6 heteroatoms. The number of hydrogen-bond acceptors (Lipinski definition) is 4. The van der Waals surface area contributed by atoms with Crippen LogP contribution in [0.2, 0.25) is 0 Å². The van der Waals surface area contributed by atoms with E-state index in [9.17, 15) is 13.2 Å². The van der Waals surface area contributed by atoms with E-state index in [2.05, 4.69) is 0 Å². The molecule has 2 atom stereocenters.